The van der Waals surface area contributed by atoms with Gasteiger partial charge < -0.3 is 10.0 Å². The van der Waals surface area contributed by atoms with Gasteiger partial charge in [-0.2, -0.15) is 13.2 Å². The topological polar surface area (TPSA) is 57.6 Å². The van der Waals surface area contributed by atoms with Crippen molar-refractivity contribution in [3.8, 4) is 0 Å². The van der Waals surface area contributed by atoms with Gasteiger partial charge in [0.15, 0.2) is 0 Å². The molecule has 2 atom stereocenters. The molecule has 1 heterocycles. The fourth-order valence-electron chi connectivity index (χ4n) is 3.49. The van der Waals surface area contributed by atoms with Crippen LogP contribution in [0.5, 0.6) is 0 Å². The maximum Gasteiger partial charge on any atom is 0.394 e. The number of alkyl halides is 3. The molecular formula is C17H18F3NO3. The number of hydrogen-bond donors (Lipinski definition) is 1. The van der Waals surface area contributed by atoms with Crippen LogP contribution in [-0.2, 0) is 16.0 Å². The number of hydrogen-bond acceptors (Lipinski definition) is 2. The molecule has 0 radical (unpaired) electrons. The molecule has 0 aromatic heterocycles. The van der Waals surface area contributed by atoms with Gasteiger partial charge in [0.05, 0.1) is 17.3 Å². The Kier molecular flexibility index (Phi) is 4.05. The van der Waals surface area contributed by atoms with Crippen molar-refractivity contribution < 1.29 is 27.9 Å². The predicted molar refractivity (Wildman–Crippen MR) is 79.1 cm³/mol. The average molecular weight is 341 g/mol. The van der Waals surface area contributed by atoms with Crippen molar-refractivity contribution >= 4 is 11.9 Å². The van der Waals surface area contributed by atoms with Crippen molar-refractivity contribution in [3.63, 3.8) is 0 Å². The summed E-state index contributed by atoms with van der Waals surface area (Å²) in [6, 6.07) is 9.33. The lowest BCUT2D eigenvalue weighted by Gasteiger charge is -2.23. The Balaban J connectivity index is 1.75. The smallest absolute Gasteiger partial charge is 0.394 e. The number of rotatable bonds is 4. The van der Waals surface area contributed by atoms with Crippen LogP contribution in [0, 0.1) is 17.3 Å². The monoisotopic (exact) mass is 341 g/mol. The van der Waals surface area contributed by atoms with Gasteiger partial charge in [0.25, 0.3) is 0 Å². The molecule has 3 rings (SSSR count). The van der Waals surface area contributed by atoms with Crippen LogP contribution in [0.1, 0.15) is 18.4 Å². The fraction of sp³-hybridized carbons (Fsp3) is 0.529. The Hall–Kier alpha value is -2.05. The van der Waals surface area contributed by atoms with Crippen LogP contribution in [0.2, 0.25) is 0 Å². The minimum atomic E-state index is -4.62. The third kappa shape index (κ3) is 3.12. The van der Waals surface area contributed by atoms with E-state index in [1.54, 1.807) is 0 Å². The Morgan fingerprint density at radius 2 is 1.79 bits per heavy atom. The van der Waals surface area contributed by atoms with E-state index in [4.69, 9.17) is 5.11 Å². The zero-order valence-electron chi connectivity index (χ0n) is 12.9. The largest absolute Gasteiger partial charge is 0.481 e. The number of benzene rings is 1. The Bertz CT molecular complexity index is 640. The Labute approximate surface area is 137 Å². The van der Waals surface area contributed by atoms with Gasteiger partial charge in [-0.25, -0.2) is 0 Å². The molecule has 1 saturated carbocycles. The SMILES string of the molecule is O=C(O)[C@@H]1CN(C(=O)C2(Cc3ccccc3)CC2)C[C@H]1C(F)(F)F. The highest BCUT2D eigenvalue weighted by molar-refractivity contribution is 5.87. The molecule has 7 heteroatoms. The van der Waals surface area contributed by atoms with E-state index >= 15 is 0 Å². The molecule has 1 saturated heterocycles. The van der Waals surface area contributed by atoms with E-state index in [2.05, 4.69) is 0 Å². The number of carboxylic acid groups (broad SMARTS) is 1. The molecule has 2 fully saturated rings. The third-order valence-electron chi connectivity index (χ3n) is 5.04. The van der Waals surface area contributed by atoms with Crippen LogP contribution in [-0.4, -0.2) is 41.1 Å². The van der Waals surface area contributed by atoms with Crippen molar-refractivity contribution in [3.05, 3.63) is 35.9 Å². The Morgan fingerprint density at radius 1 is 1.17 bits per heavy atom. The normalized spacial score (nSPS) is 25.5. The summed E-state index contributed by atoms with van der Waals surface area (Å²) in [4.78, 5) is 25.0. The summed E-state index contributed by atoms with van der Waals surface area (Å²) in [6.45, 7) is -0.926. The number of likely N-dealkylation sites (tertiary alicyclic amines) is 1. The Morgan fingerprint density at radius 3 is 2.25 bits per heavy atom. The molecule has 0 unspecified atom stereocenters. The van der Waals surface area contributed by atoms with Crippen molar-refractivity contribution in [2.24, 2.45) is 17.3 Å². The number of carbonyl (C=O) groups excluding carboxylic acids is 1. The molecule has 1 aliphatic heterocycles. The summed E-state index contributed by atoms with van der Waals surface area (Å²) >= 11 is 0. The number of halogens is 3. The van der Waals surface area contributed by atoms with Gasteiger partial charge in [0.1, 0.15) is 0 Å². The molecule has 0 spiro atoms. The molecule has 0 bridgehead atoms. The zero-order chi connectivity index (χ0) is 17.5. The fourth-order valence-corrected chi connectivity index (χ4v) is 3.49. The second-order valence-electron chi connectivity index (χ2n) is 6.75. The molecule has 4 nitrogen and oxygen atoms in total. The number of aliphatic carboxylic acids is 1. The predicted octanol–water partition coefficient (Wildman–Crippen LogP) is 2.73. The summed E-state index contributed by atoms with van der Waals surface area (Å²) in [6.07, 6.45) is -2.87. The highest BCUT2D eigenvalue weighted by Crippen LogP contribution is 2.51. The average Bonchev–Trinajstić information content (AvgIpc) is 3.13. The summed E-state index contributed by atoms with van der Waals surface area (Å²) in [7, 11) is 0. The number of amides is 1. The first-order valence-corrected chi connectivity index (χ1v) is 7.86. The lowest BCUT2D eigenvalue weighted by atomic mass is 9.95. The maximum absolute atomic E-state index is 13.1. The number of nitrogens with zero attached hydrogens (tertiary/aromatic N) is 1. The quantitative estimate of drug-likeness (QED) is 0.916. The van der Waals surface area contributed by atoms with Gasteiger partial charge in [-0.1, -0.05) is 30.3 Å². The van der Waals surface area contributed by atoms with E-state index in [0.717, 1.165) is 10.5 Å². The lowest BCUT2D eigenvalue weighted by molar-refractivity contribution is -0.188. The molecule has 2 aliphatic rings. The summed E-state index contributed by atoms with van der Waals surface area (Å²) in [5.41, 5.74) is 0.301. The maximum atomic E-state index is 13.1. The van der Waals surface area contributed by atoms with Gasteiger partial charge in [-0.15, -0.1) is 0 Å². The molecule has 130 valence electrons. The first-order valence-electron chi connectivity index (χ1n) is 7.86. The minimum absolute atomic E-state index is 0.343. The van der Waals surface area contributed by atoms with E-state index in [0.29, 0.717) is 19.3 Å². The first-order chi connectivity index (χ1) is 11.2. The van der Waals surface area contributed by atoms with E-state index < -0.39 is 35.9 Å². The van der Waals surface area contributed by atoms with E-state index in [-0.39, 0.29) is 12.5 Å². The van der Waals surface area contributed by atoms with Gasteiger partial charge in [0.2, 0.25) is 5.91 Å². The first kappa shape index (κ1) is 16.8. The molecule has 1 aromatic rings. The molecule has 1 aromatic carbocycles. The van der Waals surface area contributed by atoms with Crippen molar-refractivity contribution in [1.29, 1.82) is 0 Å². The summed E-state index contributed by atoms with van der Waals surface area (Å²) in [5.74, 6) is -5.42. The highest BCUT2D eigenvalue weighted by atomic mass is 19.4. The van der Waals surface area contributed by atoms with Gasteiger partial charge in [-0.05, 0) is 24.8 Å². The van der Waals surface area contributed by atoms with Crippen LogP contribution >= 0.6 is 0 Å². The molecule has 1 aliphatic carbocycles. The van der Waals surface area contributed by atoms with Gasteiger partial charge in [-0.3, -0.25) is 9.59 Å². The lowest BCUT2D eigenvalue weighted by Crippen LogP contribution is -2.38. The summed E-state index contributed by atoms with van der Waals surface area (Å²) < 4.78 is 39.2. The molecule has 1 N–H and O–H groups in total. The van der Waals surface area contributed by atoms with E-state index in [1.165, 1.54) is 0 Å². The van der Waals surface area contributed by atoms with Crippen molar-refractivity contribution in [2.75, 3.05) is 13.1 Å². The number of carboxylic acids is 1. The molecular weight excluding hydrogens is 323 g/mol. The van der Waals surface area contributed by atoms with Crippen LogP contribution in [0.25, 0.3) is 0 Å². The molecule has 24 heavy (non-hydrogen) atoms. The highest BCUT2D eigenvalue weighted by Gasteiger charge is 2.58. The van der Waals surface area contributed by atoms with Gasteiger partial charge >= 0.3 is 12.1 Å². The van der Waals surface area contributed by atoms with Crippen molar-refractivity contribution in [1.82, 2.24) is 4.90 Å². The summed E-state index contributed by atoms with van der Waals surface area (Å²) in [5, 5.41) is 9.06. The zero-order valence-corrected chi connectivity index (χ0v) is 12.9. The standard InChI is InChI=1S/C17H18F3NO3/c18-17(19,20)13-10-21(9-12(13)14(22)23)15(24)16(6-7-16)8-11-4-2-1-3-5-11/h1-5,12-13H,6-10H2,(H,22,23)/t12-,13-/m1/s1. The van der Waals surface area contributed by atoms with E-state index in [1.807, 2.05) is 30.3 Å². The van der Waals surface area contributed by atoms with Crippen LogP contribution < -0.4 is 0 Å². The molecule has 1 amide bonds. The number of carbonyl (C=O) groups is 2. The minimum Gasteiger partial charge on any atom is -0.481 e. The second kappa shape index (κ2) is 5.79. The second-order valence-corrected chi connectivity index (χ2v) is 6.75. The van der Waals surface area contributed by atoms with E-state index in [9.17, 15) is 22.8 Å². The van der Waals surface area contributed by atoms with Crippen molar-refractivity contribution in [2.45, 2.75) is 25.4 Å². The van der Waals surface area contributed by atoms with Crippen LogP contribution in [0.15, 0.2) is 30.3 Å². The van der Waals surface area contributed by atoms with Crippen LogP contribution in [0.4, 0.5) is 13.2 Å². The van der Waals surface area contributed by atoms with Gasteiger partial charge in [0, 0.05) is 13.1 Å². The van der Waals surface area contributed by atoms with Crippen LogP contribution in [0.3, 0.4) is 0 Å². The third-order valence-corrected chi connectivity index (χ3v) is 5.04.